The van der Waals surface area contributed by atoms with Gasteiger partial charge in [0.1, 0.15) is 0 Å². The monoisotopic (exact) mass is 191 g/mol. The maximum atomic E-state index is 11.4. The van der Waals surface area contributed by atoms with E-state index in [1.807, 2.05) is 20.8 Å². The molecule has 2 nitrogen and oxygen atoms in total. The third-order valence-electron chi connectivity index (χ3n) is 1.86. The van der Waals surface area contributed by atoms with Crippen LogP contribution in [-0.2, 0) is 4.79 Å². The molecule has 0 aromatic rings. The molecule has 0 fully saturated rings. The number of hydrogen-bond donors (Lipinski definition) is 0. The molecule has 0 saturated heterocycles. The highest BCUT2D eigenvalue weighted by Gasteiger charge is 2.15. The minimum Gasteiger partial charge on any atom is -0.342 e. The largest absolute Gasteiger partial charge is 0.342 e. The SMILES string of the molecule is CC(C)CC(=O)N(C)C(C)CCl. The average Bonchev–Trinajstić information content (AvgIpc) is 2.00. The van der Waals surface area contributed by atoms with Gasteiger partial charge in [-0.25, -0.2) is 0 Å². The Morgan fingerprint density at radius 1 is 1.42 bits per heavy atom. The van der Waals surface area contributed by atoms with Crippen LogP contribution in [0.1, 0.15) is 27.2 Å². The third-order valence-corrected chi connectivity index (χ3v) is 2.31. The Kier molecular flexibility index (Phi) is 5.31. The van der Waals surface area contributed by atoms with Crippen molar-refractivity contribution in [2.75, 3.05) is 12.9 Å². The molecule has 0 aliphatic rings. The van der Waals surface area contributed by atoms with Crippen LogP contribution in [-0.4, -0.2) is 29.8 Å². The molecule has 72 valence electrons. The summed E-state index contributed by atoms with van der Waals surface area (Å²) in [5, 5.41) is 0. The first-order chi connectivity index (χ1) is 5.49. The van der Waals surface area contributed by atoms with Crippen molar-refractivity contribution in [1.82, 2.24) is 4.90 Å². The van der Waals surface area contributed by atoms with Crippen molar-refractivity contribution in [2.24, 2.45) is 5.92 Å². The fourth-order valence-corrected chi connectivity index (χ4v) is 1.05. The zero-order chi connectivity index (χ0) is 9.72. The number of carbonyl (C=O) groups excluding carboxylic acids is 1. The summed E-state index contributed by atoms with van der Waals surface area (Å²) in [5.41, 5.74) is 0. The summed E-state index contributed by atoms with van der Waals surface area (Å²) in [5.74, 6) is 1.10. The quantitative estimate of drug-likeness (QED) is 0.624. The van der Waals surface area contributed by atoms with Gasteiger partial charge in [-0.2, -0.15) is 0 Å². The number of carbonyl (C=O) groups is 1. The van der Waals surface area contributed by atoms with Gasteiger partial charge >= 0.3 is 0 Å². The molecule has 0 rings (SSSR count). The Bertz CT molecular complexity index is 147. The van der Waals surface area contributed by atoms with E-state index in [0.717, 1.165) is 0 Å². The molecule has 0 aromatic heterocycles. The van der Waals surface area contributed by atoms with Crippen LogP contribution in [0, 0.1) is 5.92 Å². The van der Waals surface area contributed by atoms with Crippen LogP contribution in [0.25, 0.3) is 0 Å². The second-order valence-corrected chi connectivity index (χ2v) is 3.91. The predicted molar refractivity (Wildman–Crippen MR) is 52.4 cm³/mol. The highest BCUT2D eigenvalue weighted by molar-refractivity contribution is 6.18. The zero-order valence-corrected chi connectivity index (χ0v) is 9.06. The number of amides is 1. The fourth-order valence-electron chi connectivity index (χ4n) is 0.843. The van der Waals surface area contributed by atoms with Gasteiger partial charge in [0.15, 0.2) is 0 Å². The zero-order valence-electron chi connectivity index (χ0n) is 8.30. The van der Waals surface area contributed by atoms with E-state index < -0.39 is 0 Å². The van der Waals surface area contributed by atoms with Crippen molar-refractivity contribution >= 4 is 17.5 Å². The van der Waals surface area contributed by atoms with Gasteiger partial charge in [-0.3, -0.25) is 4.79 Å². The number of alkyl halides is 1. The van der Waals surface area contributed by atoms with Gasteiger partial charge in [0.05, 0.1) is 0 Å². The summed E-state index contributed by atoms with van der Waals surface area (Å²) in [6.07, 6.45) is 0.609. The second-order valence-electron chi connectivity index (χ2n) is 3.61. The van der Waals surface area contributed by atoms with Gasteiger partial charge in [-0.15, -0.1) is 11.6 Å². The van der Waals surface area contributed by atoms with E-state index >= 15 is 0 Å². The lowest BCUT2D eigenvalue weighted by Crippen LogP contribution is -2.36. The van der Waals surface area contributed by atoms with Gasteiger partial charge in [0.2, 0.25) is 5.91 Å². The number of halogens is 1. The molecule has 0 radical (unpaired) electrons. The summed E-state index contributed by atoms with van der Waals surface area (Å²) in [6.45, 7) is 6.03. The van der Waals surface area contributed by atoms with Crippen molar-refractivity contribution in [3.05, 3.63) is 0 Å². The van der Waals surface area contributed by atoms with E-state index in [1.54, 1.807) is 11.9 Å². The van der Waals surface area contributed by atoms with E-state index in [9.17, 15) is 4.79 Å². The third kappa shape index (κ3) is 3.96. The highest BCUT2D eigenvalue weighted by atomic mass is 35.5. The first kappa shape index (κ1) is 11.8. The van der Waals surface area contributed by atoms with Gasteiger partial charge in [0.25, 0.3) is 0 Å². The number of nitrogens with zero attached hydrogens (tertiary/aromatic N) is 1. The first-order valence-electron chi connectivity index (χ1n) is 4.30. The second kappa shape index (κ2) is 5.41. The van der Waals surface area contributed by atoms with Gasteiger partial charge < -0.3 is 4.90 Å². The summed E-state index contributed by atoms with van der Waals surface area (Å²) in [4.78, 5) is 13.1. The maximum Gasteiger partial charge on any atom is 0.222 e. The Morgan fingerprint density at radius 3 is 2.25 bits per heavy atom. The average molecular weight is 192 g/mol. The molecule has 1 unspecified atom stereocenters. The normalized spacial score (nSPS) is 13.2. The molecular weight excluding hydrogens is 174 g/mol. The molecule has 0 aliphatic carbocycles. The summed E-state index contributed by atoms with van der Waals surface area (Å²) < 4.78 is 0. The minimum atomic E-state index is 0.137. The van der Waals surface area contributed by atoms with Crippen LogP contribution in [0.15, 0.2) is 0 Å². The van der Waals surface area contributed by atoms with Crippen LogP contribution < -0.4 is 0 Å². The van der Waals surface area contributed by atoms with Crippen LogP contribution in [0.5, 0.6) is 0 Å². The van der Waals surface area contributed by atoms with E-state index in [1.165, 1.54) is 0 Å². The predicted octanol–water partition coefficient (Wildman–Crippen LogP) is 2.12. The molecule has 1 atom stereocenters. The van der Waals surface area contributed by atoms with Crippen LogP contribution in [0.3, 0.4) is 0 Å². The standard InChI is InChI=1S/C9H18ClNO/c1-7(2)5-9(12)11(4)8(3)6-10/h7-8H,5-6H2,1-4H3. The van der Waals surface area contributed by atoms with Crippen LogP contribution in [0.2, 0.25) is 0 Å². The Labute approximate surface area is 79.9 Å². The molecule has 0 heterocycles. The van der Waals surface area contributed by atoms with E-state index in [2.05, 4.69) is 0 Å². The summed E-state index contributed by atoms with van der Waals surface area (Å²) in [6, 6.07) is 0.137. The van der Waals surface area contributed by atoms with Crippen molar-refractivity contribution in [3.63, 3.8) is 0 Å². The lowest BCUT2D eigenvalue weighted by Gasteiger charge is -2.23. The topological polar surface area (TPSA) is 20.3 Å². The molecule has 0 saturated carbocycles. The molecular formula is C9H18ClNO. The summed E-state index contributed by atoms with van der Waals surface area (Å²) >= 11 is 5.63. The van der Waals surface area contributed by atoms with Gasteiger partial charge in [-0.05, 0) is 12.8 Å². The fraction of sp³-hybridized carbons (Fsp3) is 0.889. The highest BCUT2D eigenvalue weighted by Crippen LogP contribution is 2.06. The molecule has 1 amide bonds. The lowest BCUT2D eigenvalue weighted by atomic mass is 10.1. The molecule has 0 N–H and O–H groups in total. The van der Waals surface area contributed by atoms with E-state index in [0.29, 0.717) is 18.2 Å². The van der Waals surface area contributed by atoms with Crippen molar-refractivity contribution < 1.29 is 4.79 Å². The van der Waals surface area contributed by atoms with Crippen LogP contribution >= 0.6 is 11.6 Å². The number of rotatable bonds is 4. The molecule has 0 bridgehead atoms. The molecule has 0 aromatic carbocycles. The van der Waals surface area contributed by atoms with E-state index in [-0.39, 0.29) is 11.9 Å². The molecule has 3 heteroatoms. The van der Waals surface area contributed by atoms with E-state index in [4.69, 9.17) is 11.6 Å². The first-order valence-corrected chi connectivity index (χ1v) is 4.84. The maximum absolute atomic E-state index is 11.4. The smallest absolute Gasteiger partial charge is 0.222 e. The summed E-state index contributed by atoms with van der Waals surface area (Å²) in [7, 11) is 1.80. The number of hydrogen-bond acceptors (Lipinski definition) is 1. The minimum absolute atomic E-state index is 0.137. The Balaban J connectivity index is 3.92. The van der Waals surface area contributed by atoms with Crippen molar-refractivity contribution in [1.29, 1.82) is 0 Å². The Hall–Kier alpha value is -0.240. The van der Waals surface area contributed by atoms with Crippen LogP contribution in [0.4, 0.5) is 0 Å². The van der Waals surface area contributed by atoms with Crippen molar-refractivity contribution in [2.45, 2.75) is 33.2 Å². The van der Waals surface area contributed by atoms with Crippen molar-refractivity contribution in [3.8, 4) is 0 Å². The molecule has 12 heavy (non-hydrogen) atoms. The molecule has 0 aliphatic heterocycles. The molecule has 0 spiro atoms. The Morgan fingerprint density at radius 2 is 1.92 bits per heavy atom. The lowest BCUT2D eigenvalue weighted by molar-refractivity contribution is -0.132. The van der Waals surface area contributed by atoms with Gasteiger partial charge in [-0.1, -0.05) is 13.8 Å². The van der Waals surface area contributed by atoms with Gasteiger partial charge in [0, 0.05) is 25.4 Å².